The summed E-state index contributed by atoms with van der Waals surface area (Å²) in [5.74, 6) is 1.43. The Morgan fingerprint density at radius 3 is 2.44 bits per heavy atom. The van der Waals surface area contributed by atoms with Crippen molar-refractivity contribution in [3.05, 3.63) is 89.5 Å². The van der Waals surface area contributed by atoms with E-state index < -0.39 is 5.54 Å². The molecule has 2 atom stereocenters. The molecule has 5 heteroatoms. The fourth-order valence-electron chi connectivity index (χ4n) is 4.65. The summed E-state index contributed by atoms with van der Waals surface area (Å²) >= 11 is 0. The van der Waals surface area contributed by atoms with Crippen LogP contribution in [-0.4, -0.2) is 30.8 Å². The fraction of sp³-hybridized carbons (Fsp3) is 0.259. The topological polar surface area (TPSA) is 51.1 Å². The van der Waals surface area contributed by atoms with Gasteiger partial charge in [-0.3, -0.25) is 9.79 Å². The molecule has 2 aliphatic heterocycles. The molecule has 162 valence electrons. The highest BCUT2D eigenvalue weighted by Gasteiger charge is 2.53. The van der Waals surface area contributed by atoms with E-state index in [1.165, 1.54) is 0 Å². The van der Waals surface area contributed by atoms with Crippen LogP contribution in [0.2, 0.25) is 0 Å². The molecule has 3 aromatic rings. The van der Waals surface area contributed by atoms with Crippen LogP contribution < -0.4 is 4.74 Å². The maximum Gasteiger partial charge on any atom is 0.260 e. The van der Waals surface area contributed by atoms with Crippen LogP contribution in [0.15, 0.2) is 77.8 Å². The van der Waals surface area contributed by atoms with E-state index >= 15 is 0 Å². The zero-order valence-electron chi connectivity index (χ0n) is 18.5. The lowest BCUT2D eigenvalue weighted by molar-refractivity contribution is -0.132. The van der Waals surface area contributed by atoms with Crippen LogP contribution in [0, 0.1) is 0 Å². The van der Waals surface area contributed by atoms with Gasteiger partial charge >= 0.3 is 0 Å². The third-order valence-electron chi connectivity index (χ3n) is 6.44. The lowest BCUT2D eigenvalue weighted by Crippen LogP contribution is -2.42. The second-order valence-electron chi connectivity index (χ2n) is 8.45. The van der Waals surface area contributed by atoms with E-state index in [0.717, 1.165) is 33.7 Å². The van der Waals surface area contributed by atoms with E-state index in [4.69, 9.17) is 14.5 Å². The van der Waals surface area contributed by atoms with Crippen molar-refractivity contribution in [1.29, 1.82) is 0 Å². The number of likely N-dealkylation sites (N-methyl/N-ethyl adjacent to an activating group) is 1. The summed E-state index contributed by atoms with van der Waals surface area (Å²) in [6.45, 7) is 2.47. The van der Waals surface area contributed by atoms with Gasteiger partial charge in [0.05, 0.1) is 6.61 Å². The molecule has 0 radical (unpaired) electrons. The van der Waals surface area contributed by atoms with Gasteiger partial charge in [-0.1, -0.05) is 60.7 Å². The van der Waals surface area contributed by atoms with Gasteiger partial charge < -0.3 is 14.4 Å². The molecule has 0 N–H and O–H groups in total. The molecule has 2 unspecified atom stereocenters. The average Bonchev–Trinajstić information content (AvgIpc) is 3.04. The van der Waals surface area contributed by atoms with Crippen molar-refractivity contribution in [3.8, 4) is 16.9 Å². The normalized spacial score (nSPS) is 22.0. The van der Waals surface area contributed by atoms with Crippen molar-refractivity contribution >= 4 is 11.7 Å². The monoisotopic (exact) mass is 426 g/mol. The van der Waals surface area contributed by atoms with Gasteiger partial charge in [-0.25, -0.2) is 0 Å². The van der Waals surface area contributed by atoms with Crippen LogP contribution >= 0.6 is 0 Å². The number of nitrogens with zero attached hydrogens (tertiary/aromatic N) is 2. The maximum absolute atomic E-state index is 13.5. The Kier molecular flexibility index (Phi) is 5.06. The number of amidine groups is 1. The van der Waals surface area contributed by atoms with Crippen LogP contribution in [0.4, 0.5) is 0 Å². The molecule has 0 aromatic heterocycles. The SMILES string of the molecule is COCc1ccc(-c2ccc3c(c2)C2(CC(c4ccccc4)O3)N=C(C)N(C)C2=O)cc1. The third-order valence-corrected chi connectivity index (χ3v) is 6.44. The minimum Gasteiger partial charge on any atom is -0.485 e. The van der Waals surface area contributed by atoms with Crippen LogP contribution in [0.1, 0.15) is 36.1 Å². The molecule has 2 aliphatic rings. The van der Waals surface area contributed by atoms with Gasteiger partial charge in [0.25, 0.3) is 5.91 Å². The van der Waals surface area contributed by atoms with Gasteiger partial charge in [0, 0.05) is 26.1 Å². The predicted octanol–water partition coefficient (Wildman–Crippen LogP) is 5.11. The highest BCUT2D eigenvalue weighted by Crippen LogP contribution is 2.50. The van der Waals surface area contributed by atoms with Crippen LogP contribution in [0.5, 0.6) is 5.75 Å². The van der Waals surface area contributed by atoms with E-state index in [1.54, 1.807) is 19.1 Å². The van der Waals surface area contributed by atoms with Crippen molar-refractivity contribution < 1.29 is 14.3 Å². The smallest absolute Gasteiger partial charge is 0.260 e. The number of hydrogen-bond donors (Lipinski definition) is 0. The molecule has 5 rings (SSSR count). The standard InChI is InChI=1S/C27H26N2O3/c1-18-28-27(26(30)29(18)2)16-25(21-7-5-4-6-8-21)32-24-14-13-22(15-23(24)27)20-11-9-19(10-12-20)17-31-3/h4-15,25H,16-17H2,1-3H3. The second-order valence-corrected chi connectivity index (χ2v) is 8.45. The molecular formula is C27H26N2O3. The third kappa shape index (κ3) is 3.30. The Bertz CT molecular complexity index is 1190. The quantitative estimate of drug-likeness (QED) is 0.583. The minimum absolute atomic E-state index is 0.00641. The van der Waals surface area contributed by atoms with Crippen molar-refractivity contribution in [1.82, 2.24) is 4.90 Å². The number of aliphatic imine (C=N–C) groups is 1. The first-order chi connectivity index (χ1) is 15.5. The summed E-state index contributed by atoms with van der Waals surface area (Å²) < 4.78 is 11.6. The molecule has 0 aliphatic carbocycles. The van der Waals surface area contributed by atoms with Gasteiger partial charge in [-0.2, -0.15) is 0 Å². The number of methoxy groups -OCH3 is 1. The highest BCUT2D eigenvalue weighted by atomic mass is 16.5. The molecule has 0 fully saturated rings. The average molecular weight is 427 g/mol. The zero-order valence-corrected chi connectivity index (χ0v) is 18.5. The second kappa shape index (κ2) is 7.92. The summed E-state index contributed by atoms with van der Waals surface area (Å²) in [4.78, 5) is 20.1. The number of carbonyl (C=O) groups excluding carboxylic acids is 1. The predicted molar refractivity (Wildman–Crippen MR) is 125 cm³/mol. The molecule has 0 saturated heterocycles. The van der Waals surface area contributed by atoms with Crippen LogP contribution in [0.25, 0.3) is 11.1 Å². The van der Waals surface area contributed by atoms with E-state index in [-0.39, 0.29) is 12.0 Å². The summed E-state index contributed by atoms with van der Waals surface area (Å²) in [5, 5.41) is 0. The fourth-order valence-corrected chi connectivity index (χ4v) is 4.65. The number of benzene rings is 3. The maximum atomic E-state index is 13.5. The molecule has 0 bridgehead atoms. The molecule has 32 heavy (non-hydrogen) atoms. The number of ether oxygens (including phenoxy) is 2. The number of amides is 1. The van der Waals surface area contributed by atoms with E-state index in [9.17, 15) is 4.79 Å². The first-order valence-corrected chi connectivity index (χ1v) is 10.8. The summed E-state index contributed by atoms with van der Waals surface area (Å²) in [5.41, 5.74) is 4.13. The van der Waals surface area contributed by atoms with Gasteiger partial charge in [-0.05, 0) is 41.3 Å². The van der Waals surface area contributed by atoms with Crippen molar-refractivity contribution in [2.24, 2.45) is 4.99 Å². The first-order valence-electron chi connectivity index (χ1n) is 10.8. The van der Waals surface area contributed by atoms with Crippen molar-refractivity contribution in [3.63, 3.8) is 0 Å². The number of hydrogen-bond acceptors (Lipinski definition) is 4. The molecule has 3 aromatic carbocycles. The van der Waals surface area contributed by atoms with Crippen LogP contribution in [-0.2, 0) is 21.7 Å². The highest BCUT2D eigenvalue weighted by molar-refractivity contribution is 6.08. The molecular weight excluding hydrogens is 400 g/mol. The summed E-state index contributed by atoms with van der Waals surface area (Å²) in [6.07, 6.45) is 0.232. The molecule has 2 heterocycles. The lowest BCUT2D eigenvalue weighted by atomic mass is 9.79. The van der Waals surface area contributed by atoms with Gasteiger partial charge in [0.15, 0.2) is 5.54 Å². The van der Waals surface area contributed by atoms with E-state index in [2.05, 4.69) is 30.3 Å². The minimum atomic E-state index is -0.973. The van der Waals surface area contributed by atoms with Crippen molar-refractivity contribution in [2.75, 3.05) is 14.2 Å². The Morgan fingerprint density at radius 2 is 1.78 bits per heavy atom. The molecule has 5 nitrogen and oxygen atoms in total. The number of carbonyl (C=O) groups is 1. The van der Waals surface area contributed by atoms with Crippen molar-refractivity contribution in [2.45, 2.75) is 31.6 Å². The Morgan fingerprint density at radius 1 is 1.06 bits per heavy atom. The summed E-state index contributed by atoms with van der Waals surface area (Å²) in [6, 6.07) is 24.4. The Labute approximate surface area is 188 Å². The van der Waals surface area contributed by atoms with E-state index in [1.807, 2.05) is 49.4 Å². The molecule has 1 amide bonds. The molecule has 0 saturated carbocycles. The zero-order chi connectivity index (χ0) is 22.3. The summed E-state index contributed by atoms with van der Waals surface area (Å²) in [7, 11) is 3.48. The lowest BCUT2D eigenvalue weighted by Gasteiger charge is -2.37. The van der Waals surface area contributed by atoms with Gasteiger partial charge in [-0.15, -0.1) is 0 Å². The number of fused-ring (bicyclic) bond motifs is 2. The van der Waals surface area contributed by atoms with Crippen LogP contribution in [0.3, 0.4) is 0 Å². The van der Waals surface area contributed by atoms with Gasteiger partial charge in [0.2, 0.25) is 0 Å². The van der Waals surface area contributed by atoms with E-state index in [0.29, 0.717) is 18.8 Å². The first kappa shape index (κ1) is 20.5. The van der Waals surface area contributed by atoms with Gasteiger partial charge in [0.1, 0.15) is 17.7 Å². The Balaban J connectivity index is 1.61. The molecule has 1 spiro atoms. The number of rotatable bonds is 4. The largest absolute Gasteiger partial charge is 0.485 e. The Hall–Kier alpha value is -3.44.